The minimum absolute atomic E-state index is 0.00917. The van der Waals surface area contributed by atoms with Crippen LogP contribution in [0.25, 0.3) is 0 Å². The third kappa shape index (κ3) is 1.87. The Labute approximate surface area is 149 Å². The topological polar surface area (TPSA) is 81.0 Å². The first-order valence-corrected chi connectivity index (χ1v) is 8.85. The Morgan fingerprint density at radius 2 is 2.04 bits per heavy atom. The molecule has 0 radical (unpaired) electrons. The summed E-state index contributed by atoms with van der Waals surface area (Å²) in [4.78, 5) is 14.7. The number of aliphatic hydroxyl groups is 1. The second-order valence-corrected chi connectivity index (χ2v) is 8.37. The minimum atomic E-state index is -2.10. The van der Waals surface area contributed by atoms with E-state index >= 15 is 0 Å². The van der Waals surface area contributed by atoms with Crippen LogP contribution in [0, 0.1) is 5.92 Å². The van der Waals surface area contributed by atoms with E-state index in [0.717, 1.165) is 12.1 Å². The number of likely N-dealkylation sites (N-methyl/N-ethyl adjacent to an activating group) is 1. The van der Waals surface area contributed by atoms with Gasteiger partial charge >= 0.3 is 0 Å². The number of rotatable bonds is 0. The number of Topliss-reactive ketones (excluding diaryl/α,β-unsaturated/α-hetero) is 1. The van der Waals surface area contributed by atoms with Gasteiger partial charge in [-0.1, -0.05) is 17.7 Å². The van der Waals surface area contributed by atoms with E-state index in [4.69, 9.17) is 23.2 Å². The molecule has 24 heavy (non-hydrogen) atoms. The molecule has 0 amide bonds. The number of carbonyl (C=O) groups excluding carboxylic acids is 1. The van der Waals surface area contributed by atoms with Crippen LogP contribution in [0.4, 0.5) is 0 Å². The van der Waals surface area contributed by atoms with Crippen molar-refractivity contribution in [3.8, 4) is 11.5 Å². The van der Waals surface area contributed by atoms with Gasteiger partial charge in [-0.3, -0.25) is 4.79 Å². The summed E-state index contributed by atoms with van der Waals surface area (Å²) in [6, 6.07) is 3.28. The highest BCUT2D eigenvalue weighted by Gasteiger charge is 2.65. The lowest BCUT2D eigenvalue weighted by Crippen LogP contribution is -2.69. The molecule has 5 atom stereocenters. The molecule has 2 aliphatic carbocycles. The number of benzene rings is 1. The molecule has 3 aliphatic rings. The molecule has 1 aromatic carbocycles. The van der Waals surface area contributed by atoms with Gasteiger partial charge in [0.1, 0.15) is 0 Å². The average Bonchev–Trinajstić information content (AvgIpc) is 2.52. The van der Waals surface area contributed by atoms with E-state index in [1.54, 1.807) is 6.07 Å². The number of ketones is 1. The number of phenolic OH excluding ortho intramolecular Hbond substituents is 2. The number of hydrogen-bond acceptors (Lipinski definition) is 5. The van der Waals surface area contributed by atoms with Crippen LogP contribution in [0.1, 0.15) is 24.0 Å². The molecule has 0 spiro atoms. The summed E-state index contributed by atoms with van der Waals surface area (Å²) >= 11 is 12.6. The van der Waals surface area contributed by atoms with Crippen LogP contribution in [0.15, 0.2) is 12.1 Å². The average molecular weight is 372 g/mol. The number of alkyl halides is 2. The number of phenols is 2. The lowest BCUT2D eigenvalue weighted by atomic mass is 9.51. The molecule has 4 rings (SSSR count). The van der Waals surface area contributed by atoms with Gasteiger partial charge in [0.2, 0.25) is 5.06 Å². The van der Waals surface area contributed by atoms with Gasteiger partial charge in [0.25, 0.3) is 0 Å². The maximum atomic E-state index is 12.5. The van der Waals surface area contributed by atoms with Crippen LogP contribution in [-0.4, -0.2) is 56.1 Å². The predicted molar refractivity (Wildman–Crippen MR) is 89.7 cm³/mol. The summed E-state index contributed by atoms with van der Waals surface area (Å²) in [5.41, 5.74) is 0.802. The molecule has 2 bridgehead atoms. The second-order valence-electron chi connectivity index (χ2n) is 7.33. The minimum Gasteiger partial charge on any atom is -0.504 e. The van der Waals surface area contributed by atoms with Gasteiger partial charge in [-0.25, -0.2) is 0 Å². The molecule has 3 unspecified atom stereocenters. The van der Waals surface area contributed by atoms with E-state index in [2.05, 4.69) is 4.90 Å². The van der Waals surface area contributed by atoms with Gasteiger partial charge in [-0.05, 0) is 38.1 Å². The molecule has 3 N–H and O–H groups in total. The van der Waals surface area contributed by atoms with Crippen molar-refractivity contribution in [2.75, 3.05) is 13.6 Å². The first kappa shape index (κ1) is 16.5. The van der Waals surface area contributed by atoms with Crippen LogP contribution in [0.2, 0.25) is 0 Å². The fraction of sp³-hybridized carbons (Fsp3) is 0.588. The fourth-order valence-electron chi connectivity index (χ4n) is 5.07. The zero-order chi connectivity index (χ0) is 17.4. The molecule has 2 fully saturated rings. The normalized spacial score (nSPS) is 41.7. The van der Waals surface area contributed by atoms with E-state index in [1.807, 2.05) is 7.05 Å². The van der Waals surface area contributed by atoms with E-state index in [9.17, 15) is 20.1 Å². The number of fused-ring (bicyclic) bond motifs is 1. The molecule has 1 aliphatic heterocycles. The van der Waals surface area contributed by atoms with Gasteiger partial charge in [-0.15, -0.1) is 11.6 Å². The van der Waals surface area contributed by atoms with Crippen LogP contribution < -0.4 is 0 Å². The third-order valence-corrected chi connectivity index (χ3v) is 7.39. The largest absolute Gasteiger partial charge is 0.504 e. The smallest absolute Gasteiger partial charge is 0.214 e. The molecule has 130 valence electrons. The van der Waals surface area contributed by atoms with E-state index in [-0.39, 0.29) is 29.9 Å². The maximum absolute atomic E-state index is 12.5. The molecular formula is C17H19Cl2NO4. The highest BCUT2D eigenvalue weighted by atomic mass is 35.5. The number of nitrogens with zero attached hydrogens (tertiary/aromatic N) is 1. The van der Waals surface area contributed by atoms with Crippen molar-refractivity contribution in [3.05, 3.63) is 23.3 Å². The molecule has 1 heterocycles. The lowest BCUT2D eigenvalue weighted by Gasteiger charge is -2.60. The summed E-state index contributed by atoms with van der Waals surface area (Å²) in [5.74, 6) is -1.21. The SMILES string of the molecule is CN1CC[C@]23CC(=O)C(O)(Cl)C(Cl)C2[C@H]1Cc1ccc(O)c(O)c13. The Morgan fingerprint density at radius 3 is 2.75 bits per heavy atom. The van der Waals surface area contributed by atoms with Crippen molar-refractivity contribution in [3.63, 3.8) is 0 Å². The molecule has 0 aromatic heterocycles. The molecular weight excluding hydrogens is 353 g/mol. The number of carbonyl (C=O) groups is 1. The first-order valence-electron chi connectivity index (χ1n) is 8.03. The Morgan fingerprint density at radius 1 is 1.33 bits per heavy atom. The quantitative estimate of drug-likeness (QED) is 0.477. The highest BCUT2D eigenvalue weighted by molar-refractivity contribution is 6.40. The van der Waals surface area contributed by atoms with E-state index in [1.165, 1.54) is 6.07 Å². The fourth-order valence-corrected chi connectivity index (χ4v) is 5.80. The summed E-state index contributed by atoms with van der Waals surface area (Å²) < 4.78 is 0. The first-order chi connectivity index (χ1) is 11.2. The summed E-state index contributed by atoms with van der Waals surface area (Å²) in [7, 11) is 1.99. The monoisotopic (exact) mass is 371 g/mol. The summed E-state index contributed by atoms with van der Waals surface area (Å²) in [6.07, 6.45) is 1.24. The Bertz CT molecular complexity index is 738. The zero-order valence-corrected chi connectivity index (χ0v) is 14.7. The Hall–Kier alpha value is -1.01. The van der Waals surface area contributed by atoms with Crippen molar-refractivity contribution in [1.29, 1.82) is 0 Å². The van der Waals surface area contributed by atoms with Crippen molar-refractivity contribution >= 4 is 29.0 Å². The number of piperidine rings is 1. The van der Waals surface area contributed by atoms with Gasteiger partial charge in [0, 0.05) is 29.4 Å². The summed E-state index contributed by atoms with van der Waals surface area (Å²) in [6.45, 7) is 0.743. The Kier molecular flexibility index (Phi) is 3.43. The van der Waals surface area contributed by atoms with Crippen LogP contribution in [-0.2, 0) is 16.6 Å². The number of halogens is 2. The number of hydrogen-bond donors (Lipinski definition) is 3. The summed E-state index contributed by atoms with van der Waals surface area (Å²) in [5, 5.41) is 27.9. The standard InChI is InChI=1S/C17H19Cl2NO4/c1-20-5-4-16-7-11(22)17(19,24)15(18)13(16)9(20)6-8-2-3-10(21)14(23)12(8)16/h2-3,9,13,15,21,23-24H,4-7H2,1H3/t9-,13?,15?,16-,17?/m1/s1. The van der Waals surface area contributed by atoms with Crippen LogP contribution in [0.3, 0.4) is 0 Å². The zero-order valence-electron chi connectivity index (χ0n) is 13.2. The van der Waals surface area contributed by atoms with E-state index < -0.39 is 21.6 Å². The van der Waals surface area contributed by atoms with Crippen LogP contribution in [0.5, 0.6) is 11.5 Å². The van der Waals surface area contributed by atoms with Crippen molar-refractivity contribution in [1.82, 2.24) is 4.90 Å². The molecule has 5 nitrogen and oxygen atoms in total. The molecule has 1 saturated heterocycles. The Balaban J connectivity index is 1.99. The van der Waals surface area contributed by atoms with Gasteiger partial charge in [-0.2, -0.15) is 0 Å². The number of likely N-dealkylation sites (tertiary alicyclic amines) is 1. The maximum Gasteiger partial charge on any atom is 0.214 e. The highest BCUT2D eigenvalue weighted by Crippen LogP contribution is 2.61. The molecule has 1 aromatic rings. The third-order valence-electron chi connectivity index (χ3n) is 6.25. The second kappa shape index (κ2) is 5.01. The van der Waals surface area contributed by atoms with Crippen molar-refractivity contribution in [2.45, 2.75) is 41.2 Å². The predicted octanol–water partition coefficient (Wildman–Crippen LogP) is 1.72. The number of aromatic hydroxyl groups is 2. The lowest BCUT2D eigenvalue weighted by molar-refractivity contribution is -0.143. The van der Waals surface area contributed by atoms with Crippen molar-refractivity contribution < 1.29 is 20.1 Å². The van der Waals surface area contributed by atoms with Gasteiger partial charge < -0.3 is 20.2 Å². The van der Waals surface area contributed by atoms with Crippen molar-refractivity contribution in [2.24, 2.45) is 5.92 Å². The van der Waals surface area contributed by atoms with Gasteiger partial charge in [0.05, 0.1) is 5.38 Å². The molecule has 7 heteroatoms. The van der Waals surface area contributed by atoms with Crippen LogP contribution >= 0.6 is 23.2 Å². The molecule has 1 saturated carbocycles. The van der Waals surface area contributed by atoms with Gasteiger partial charge in [0.15, 0.2) is 17.3 Å². The van der Waals surface area contributed by atoms with E-state index in [0.29, 0.717) is 18.4 Å².